The molecule has 1 aromatic carbocycles. The molecular weight excluding hydrogens is 280 g/mol. The zero-order chi connectivity index (χ0) is 14.3. The second-order valence-corrected chi connectivity index (χ2v) is 5.63. The van der Waals surface area contributed by atoms with Crippen LogP contribution in [0.25, 0.3) is 0 Å². The van der Waals surface area contributed by atoms with Crippen molar-refractivity contribution in [1.82, 2.24) is 10.2 Å². The minimum atomic E-state index is -0.268. The maximum Gasteiger partial charge on any atom is 0.281 e. The molecule has 2 aromatic rings. The molecule has 3 rings (SSSR count). The second-order valence-electron chi connectivity index (χ2n) is 5.24. The van der Waals surface area contributed by atoms with Crippen LogP contribution in [0, 0.1) is 0 Å². The Bertz CT molecular complexity index is 673. The van der Waals surface area contributed by atoms with Crippen molar-refractivity contribution >= 4 is 11.6 Å². The summed E-state index contributed by atoms with van der Waals surface area (Å²) in [4.78, 5) is 0. The predicted molar refractivity (Wildman–Crippen MR) is 73.6 cm³/mol. The van der Waals surface area contributed by atoms with Gasteiger partial charge in [0.05, 0.1) is 0 Å². The van der Waals surface area contributed by atoms with Gasteiger partial charge in [-0.1, -0.05) is 23.7 Å². The first-order valence-electron chi connectivity index (χ1n) is 6.15. The minimum Gasteiger partial charge on any atom is -0.503 e. The molecule has 1 aliphatic rings. The van der Waals surface area contributed by atoms with Crippen LogP contribution in [0.1, 0.15) is 19.4 Å². The van der Waals surface area contributed by atoms with Crippen LogP contribution < -0.4 is 9.47 Å². The summed E-state index contributed by atoms with van der Waals surface area (Å²) in [6, 6.07) is 6.90. The molecule has 6 heteroatoms. The van der Waals surface area contributed by atoms with Crippen LogP contribution in [-0.2, 0) is 6.42 Å². The molecule has 5 nitrogen and oxygen atoms in total. The Kier molecular flexibility index (Phi) is 2.94. The second kappa shape index (κ2) is 4.52. The van der Waals surface area contributed by atoms with Gasteiger partial charge in [-0.2, -0.15) is 0 Å². The quantitative estimate of drug-likeness (QED) is 0.919. The van der Waals surface area contributed by atoms with E-state index < -0.39 is 0 Å². The first kappa shape index (κ1) is 13.0. The molecule has 0 atom stereocenters. The number of halogens is 1. The third-order valence-electron chi connectivity index (χ3n) is 2.97. The summed E-state index contributed by atoms with van der Waals surface area (Å²) in [6.07, 6.45) is 0.803. The van der Waals surface area contributed by atoms with E-state index in [2.05, 4.69) is 10.2 Å². The predicted octanol–water partition coefficient (Wildman–Crippen LogP) is 3.34. The highest BCUT2D eigenvalue weighted by Gasteiger charge is 2.32. The lowest BCUT2D eigenvalue weighted by Gasteiger charge is -2.18. The van der Waals surface area contributed by atoms with Crippen LogP contribution in [0.3, 0.4) is 0 Å². The van der Waals surface area contributed by atoms with E-state index in [0.717, 1.165) is 12.0 Å². The van der Waals surface area contributed by atoms with E-state index in [1.54, 1.807) is 6.07 Å². The van der Waals surface area contributed by atoms with Gasteiger partial charge in [0.15, 0.2) is 22.4 Å². The summed E-state index contributed by atoms with van der Waals surface area (Å²) >= 11 is 5.64. The van der Waals surface area contributed by atoms with Gasteiger partial charge in [-0.15, -0.1) is 10.2 Å². The van der Waals surface area contributed by atoms with Crippen molar-refractivity contribution < 1.29 is 14.6 Å². The molecule has 20 heavy (non-hydrogen) atoms. The van der Waals surface area contributed by atoms with Gasteiger partial charge in [0, 0.05) is 18.1 Å². The molecule has 1 N–H and O–H groups in total. The fourth-order valence-electron chi connectivity index (χ4n) is 2.19. The van der Waals surface area contributed by atoms with Crippen molar-refractivity contribution in [1.29, 1.82) is 0 Å². The lowest BCUT2D eigenvalue weighted by Crippen LogP contribution is -2.24. The van der Waals surface area contributed by atoms with Crippen molar-refractivity contribution in [3.63, 3.8) is 0 Å². The topological polar surface area (TPSA) is 64.5 Å². The summed E-state index contributed by atoms with van der Waals surface area (Å²) in [5.41, 5.74) is 0.795. The Balaban J connectivity index is 1.95. The number of fused-ring (bicyclic) bond motifs is 1. The lowest BCUT2D eigenvalue weighted by molar-refractivity contribution is 0.134. The first-order chi connectivity index (χ1) is 9.44. The molecule has 0 bridgehead atoms. The molecule has 1 aromatic heterocycles. The third-order valence-corrected chi connectivity index (χ3v) is 3.16. The highest BCUT2D eigenvalue weighted by Crippen LogP contribution is 2.44. The van der Waals surface area contributed by atoms with Gasteiger partial charge in [0.1, 0.15) is 5.60 Å². The number of hydrogen-bond acceptors (Lipinski definition) is 5. The monoisotopic (exact) mass is 292 g/mol. The number of rotatable bonds is 2. The number of ether oxygens (including phenoxy) is 2. The molecule has 0 fully saturated rings. The van der Waals surface area contributed by atoms with Crippen LogP contribution in [0.5, 0.6) is 23.1 Å². The smallest absolute Gasteiger partial charge is 0.281 e. The Morgan fingerprint density at radius 2 is 2.15 bits per heavy atom. The van der Waals surface area contributed by atoms with Crippen molar-refractivity contribution in [2.45, 2.75) is 25.9 Å². The largest absolute Gasteiger partial charge is 0.503 e. The SMILES string of the molecule is CC1(C)Cc2cccc(Oc3nnc(Cl)cc3O)c2O1. The Labute approximate surface area is 121 Å². The summed E-state index contributed by atoms with van der Waals surface area (Å²) in [5.74, 6) is 1.00. The van der Waals surface area contributed by atoms with E-state index in [4.69, 9.17) is 21.1 Å². The first-order valence-corrected chi connectivity index (χ1v) is 6.53. The minimum absolute atomic E-state index is 0.00361. The van der Waals surface area contributed by atoms with Crippen LogP contribution in [0.2, 0.25) is 5.15 Å². The maximum absolute atomic E-state index is 9.75. The number of aromatic nitrogens is 2. The normalized spacial score (nSPS) is 15.6. The number of aromatic hydroxyl groups is 1. The highest BCUT2D eigenvalue weighted by molar-refractivity contribution is 6.29. The van der Waals surface area contributed by atoms with Crippen molar-refractivity contribution in [2.24, 2.45) is 0 Å². The number of nitrogens with zero attached hydrogens (tertiary/aromatic N) is 2. The van der Waals surface area contributed by atoms with Crippen LogP contribution in [0.15, 0.2) is 24.3 Å². The molecule has 1 aliphatic heterocycles. The van der Waals surface area contributed by atoms with E-state index in [-0.39, 0.29) is 22.4 Å². The zero-order valence-corrected chi connectivity index (χ0v) is 11.8. The van der Waals surface area contributed by atoms with Gasteiger partial charge in [-0.3, -0.25) is 0 Å². The summed E-state index contributed by atoms with van der Waals surface area (Å²) in [7, 11) is 0. The fourth-order valence-corrected chi connectivity index (χ4v) is 2.33. The standard InChI is InChI=1S/C14H13ClN2O3/c1-14(2)7-8-4-3-5-10(12(8)20-14)19-13-9(18)6-11(15)16-17-13/h3-6H,7H2,1-2H3,(H,16,18). The van der Waals surface area contributed by atoms with Crippen LogP contribution >= 0.6 is 11.6 Å². The highest BCUT2D eigenvalue weighted by atomic mass is 35.5. The summed E-state index contributed by atoms with van der Waals surface area (Å²) in [5, 5.41) is 17.2. The number of hydrogen-bond donors (Lipinski definition) is 1. The average molecular weight is 293 g/mol. The maximum atomic E-state index is 9.75. The van der Waals surface area contributed by atoms with E-state index in [1.807, 2.05) is 26.0 Å². The van der Waals surface area contributed by atoms with Crippen LogP contribution in [-0.4, -0.2) is 20.9 Å². The van der Waals surface area contributed by atoms with E-state index >= 15 is 0 Å². The van der Waals surface area contributed by atoms with Crippen LogP contribution in [0.4, 0.5) is 0 Å². The van der Waals surface area contributed by atoms with E-state index in [9.17, 15) is 5.11 Å². The van der Waals surface area contributed by atoms with Gasteiger partial charge in [-0.05, 0) is 19.9 Å². The number of para-hydroxylation sites is 1. The average Bonchev–Trinajstić information content (AvgIpc) is 2.67. The lowest BCUT2D eigenvalue weighted by atomic mass is 10.0. The molecule has 0 saturated heterocycles. The molecule has 0 radical (unpaired) electrons. The van der Waals surface area contributed by atoms with Crippen molar-refractivity contribution in [2.75, 3.05) is 0 Å². The third kappa shape index (κ3) is 2.36. The van der Waals surface area contributed by atoms with Gasteiger partial charge >= 0.3 is 0 Å². The molecule has 0 unspecified atom stereocenters. The van der Waals surface area contributed by atoms with Gasteiger partial charge < -0.3 is 14.6 Å². The van der Waals surface area contributed by atoms with Gasteiger partial charge in [0.25, 0.3) is 5.88 Å². The zero-order valence-electron chi connectivity index (χ0n) is 11.1. The van der Waals surface area contributed by atoms with Gasteiger partial charge in [-0.25, -0.2) is 0 Å². The number of benzene rings is 1. The van der Waals surface area contributed by atoms with Crippen molar-refractivity contribution in [3.05, 3.63) is 35.0 Å². The summed E-state index contributed by atoms with van der Waals surface area (Å²) in [6.45, 7) is 4.02. The van der Waals surface area contributed by atoms with Crippen molar-refractivity contribution in [3.8, 4) is 23.1 Å². The molecule has 0 saturated carbocycles. The van der Waals surface area contributed by atoms with E-state index in [1.165, 1.54) is 6.07 Å². The fraction of sp³-hybridized carbons (Fsp3) is 0.286. The molecule has 104 valence electrons. The molecule has 2 heterocycles. The molecule has 0 spiro atoms. The Morgan fingerprint density at radius 3 is 2.90 bits per heavy atom. The molecule has 0 aliphatic carbocycles. The Hall–Kier alpha value is -2.01. The van der Waals surface area contributed by atoms with Gasteiger partial charge in [0.2, 0.25) is 0 Å². The molecular formula is C14H13ClN2O3. The van der Waals surface area contributed by atoms with E-state index in [0.29, 0.717) is 11.5 Å². The summed E-state index contributed by atoms with van der Waals surface area (Å²) < 4.78 is 11.5. The Morgan fingerprint density at radius 1 is 1.35 bits per heavy atom. The molecule has 0 amide bonds.